The van der Waals surface area contributed by atoms with E-state index in [4.69, 9.17) is 0 Å². The minimum atomic E-state index is 0.679. The van der Waals surface area contributed by atoms with Crippen molar-refractivity contribution in [2.45, 2.75) is 25.3 Å². The Morgan fingerprint density at radius 3 is 2.60 bits per heavy atom. The van der Waals surface area contributed by atoms with Crippen LogP contribution >= 0.6 is 15.9 Å². The Balaban J connectivity index is 2.21. The molecular weight excluding hydrogens is 252 g/mol. The second kappa shape index (κ2) is 4.44. The lowest BCUT2D eigenvalue weighted by Crippen LogP contribution is -2.28. The molecule has 0 atom stereocenters. The molecule has 0 amide bonds. The van der Waals surface area contributed by atoms with Gasteiger partial charge in [-0.15, -0.1) is 0 Å². The predicted octanol–water partition coefficient (Wildman–Crippen LogP) is 3.48. The molecule has 0 bridgehead atoms. The Hall–Kier alpha value is -0.700. The van der Waals surface area contributed by atoms with Gasteiger partial charge >= 0.3 is 0 Å². The third-order valence-corrected chi connectivity index (χ3v) is 3.40. The zero-order valence-corrected chi connectivity index (χ0v) is 10.8. The van der Waals surface area contributed by atoms with E-state index in [0.717, 1.165) is 4.47 Å². The summed E-state index contributed by atoms with van der Waals surface area (Å²) in [5.74, 6) is 0. The summed E-state index contributed by atoms with van der Waals surface area (Å²) < 4.78 is 1.13. The molecule has 1 aliphatic carbocycles. The molecule has 1 aliphatic rings. The largest absolute Gasteiger partial charge is 0.381 e. The van der Waals surface area contributed by atoms with Crippen molar-refractivity contribution in [3.8, 4) is 0 Å². The number of nitrogens with zero attached hydrogens (tertiary/aromatic N) is 1. The highest BCUT2D eigenvalue weighted by molar-refractivity contribution is 9.10. The third-order valence-electron chi connectivity index (χ3n) is 2.91. The smallest absolute Gasteiger partial charge is 0.0597 e. The summed E-state index contributed by atoms with van der Waals surface area (Å²) in [7, 11) is 4.16. The molecule has 0 aromatic heterocycles. The molecule has 2 rings (SSSR count). The number of benzene rings is 1. The average molecular weight is 269 g/mol. The monoisotopic (exact) mass is 268 g/mol. The van der Waals surface area contributed by atoms with Crippen LogP contribution in [0.4, 0.5) is 11.4 Å². The Morgan fingerprint density at radius 1 is 1.33 bits per heavy atom. The van der Waals surface area contributed by atoms with E-state index in [1.807, 2.05) is 0 Å². The minimum absolute atomic E-state index is 0.679. The van der Waals surface area contributed by atoms with Gasteiger partial charge in [0.05, 0.1) is 11.4 Å². The second-order valence-electron chi connectivity index (χ2n) is 4.33. The van der Waals surface area contributed by atoms with Crippen molar-refractivity contribution in [1.29, 1.82) is 0 Å². The van der Waals surface area contributed by atoms with Crippen molar-refractivity contribution in [1.82, 2.24) is 0 Å². The SMILES string of the molecule is CN(C)c1ccc(Br)cc1NC1CCC1. The van der Waals surface area contributed by atoms with E-state index in [1.165, 1.54) is 30.6 Å². The van der Waals surface area contributed by atoms with Gasteiger partial charge in [0.1, 0.15) is 0 Å². The van der Waals surface area contributed by atoms with Gasteiger partial charge in [-0.05, 0) is 37.5 Å². The normalized spacial score (nSPS) is 15.9. The molecule has 82 valence electrons. The van der Waals surface area contributed by atoms with E-state index < -0.39 is 0 Å². The second-order valence-corrected chi connectivity index (χ2v) is 5.24. The van der Waals surface area contributed by atoms with Crippen LogP contribution in [0.5, 0.6) is 0 Å². The first-order valence-corrected chi connectivity index (χ1v) is 6.19. The van der Waals surface area contributed by atoms with Crippen LogP contribution in [0.1, 0.15) is 19.3 Å². The summed E-state index contributed by atoms with van der Waals surface area (Å²) in [6.07, 6.45) is 3.97. The molecule has 0 heterocycles. The lowest BCUT2D eigenvalue weighted by atomic mass is 9.93. The van der Waals surface area contributed by atoms with Gasteiger partial charge in [0, 0.05) is 24.6 Å². The lowest BCUT2D eigenvalue weighted by molar-refractivity contribution is 0.445. The Bertz CT molecular complexity index is 345. The zero-order valence-electron chi connectivity index (χ0n) is 9.26. The molecule has 15 heavy (non-hydrogen) atoms. The van der Waals surface area contributed by atoms with Crippen LogP contribution in [-0.4, -0.2) is 20.1 Å². The maximum Gasteiger partial charge on any atom is 0.0597 e. The van der Waals surface area contributed by atoms with E-state index in [2.05, 4.69) is 58.4 Å². The summed E-state index contributed by atoms with van der Waals surface area (Å²) in [4.78, 5) is 2.15. The summed E-state index contributed by atoms with van der Waals surface area (Å²) >= 11 is 3.52. The van der Waals surface area contributed by atoms with Crippen molar-refractivity contribution in [2.75, 3.05) is 24.3 Å². The van der Waals surface area contributed by atoms with Crippen LogP contribution in [0.15, 0.2) is 22.7 Å². The van der Waals surface area contributed by atoms with Gasteiger partial charge in [-0.1, -0.05) is 15.9 Å². The molecule has 3 heteroatoms. The highest BCUT2D eigenvalue weighted by Gasteiger charge is 2.18. The van der Waals surface area contributed by atoms with Crippen LogP contribution in [0.2, 0.25) is 0 Å². The number of hydrogen-bond acceptors (Lipinski definition) is 2. The molecule has 1 fully saturated rings. The highest BCUT2D eigenvalue weighted by Crippen LogP contribution is 2.31. The van der Waals surface area contributed by atoms with Gasteiger partial charge in [-0.25, -0.2) is 0 Å². The van der Waals surface area contributed by atoms with Crippen molar-refractivity contribution in [3.05, 3.63) is 22.7 Å². The number of hydrogen-bond donors (Lipinski definition) is 1. The van der Waals surface area contributed by atoms with Gasteiger partial charge in [-0.3, -0.25) is 0 Å². The summed E-state index contributed by atoms with van der Waals surface area (Å²) in [5, 5.41) is 3.60. The molecule has 0 saturated heterocycles. The standard InChI is InChI=1S/C12H17BrN2/c1-15(2)12-7-6-9(13)8-11(12)14-10-4-3-5-10/h6-8,10,14H,3-5H2,1-2H3. The van der Waals surface area contributed by atoms with Gasteiger partial charge in [-0.2, -0.15) is 0 Å². The first-order chi connectivity index (χ1) is 7.16. The molecule has 1 aromatic rings. The van der Waals surface area contributed by atoms with E-state index in [1.54, 1.807) is 0 Å². The van der Waals surface area contributed by atoms with Gasteiger partial charge in [0.15, 0.2) is 0 Å². The van der Waals surface area contributed by atoms with E-state index in [9.17, 15) is 0 Å². The van der Waals surface area contributed by atoms with E-state index in [0.29, 0.717) is 6.04 Å². The topological polar surface area (TPSA) is 15.3 Å². The molecule has 2 nitrogen and oxygen atoms in total. The fourth-order valence-corrected chi connectivity index (χ4v) is 2.15. The molecule has 1 N–H and O–H groups in total. The van der Waals surface area contributed by atoms with Crippen molar-refractivity contribution in [3.63, 3.8) is 0 Å². The lowest BCUT2D eigenvalue weighted by Gasteiger charge is -2.29. The maximum absolute atomic E-state index is 3.60. The highest BCUT2D eigenvalue weighted by atomic mass is 79.9. The molecule has 1 saturated carbocycles. The maximum atomic E-state index is 3.60. The van der Waals surface area contributed by atoms with Crippen LogP contribution < -0.4 is 10.2 Å². The first kappa shape index (κ1) is 10.8. The van der Waals surface area contributed by atoms with Crippen molar-refractivity contribution >= 4 is 27.3 Å². The van der Waals surface area contributed by atoms with Crippen LogP contribution in [-0.2, 0) is 0 Å². The Labute approximate surface area is 99.8 Å². The van der Waals surface area contributed by atoms with E-state index >= 15 is 0 Å². The Morgan fingerprint density at radius 2 is 2.07 bits per heavy atom. The number of rotatable bonds is 3. The summed E-state index contributed by atoms with van der Waals surface area (Å²) in [6.45, 7) is 0. The molecular formula is C12H17BrN2. The van der Waals surface area contributed by atoms with Crippen LogP contribution in [0.25, 0.3) is 0 Å². The van der Waals surface area contributed by atoms with Crippen LogP contribution in [0.3, 0.4) is 0 Å². The predicted molar refractivity (Wildman–Crippen MR) is 69.7 cm³/mol. The summed E-state index contributed by atoms with van der Waals surface area (Å²) in [5.41, 5.74) is 2.49. The molecule has 0 radical (unpaired) electrons. The van der Waals surface area contributed by atoms with Gasteiger partial charge < -0.3 is 10.2 Å². The fraction of sp³-hybridized carbons (Fsp3) is 0.500. The molecule has 0 spiro atoms. The third kappa shape index (κ3) is 2.46. The molecule has 0 aliphatic heterocycles. The zero-order chi connectivity index (χ0) is 10.8. The number of nitrogens with one attached hydrogen (secondary N) is 1. The van der Waals surface area contributed by atoms with Gasteiger partial charge in [0.2, 0.25) is 0 Å². The Kier molecular flexibility index (Phi) is 3.19. The van der Waals surface area contributed by atoms with Gasteiger partial charge in [0.25, 0.3) is 0 Å². The minimum Gasteiger partial charge on any atom is -0.381 e. The summed E-state index contributed by atoms with van der Waals surface area (Å²) in [6, 6.07) is 7.07. The number of halogens is 1. The van der Waals surface area contributed by atoms with Crippen molar-refractivity contribution < 1.29 is 0 Å². The average Bonchev–Trinajstić information content (AvgIpc) is 2.11. The quantitative estimate of drug-likeness (QED) is 0.903. The van der Waals surface area contributed by atoms with Crippen LogP contribution in [0, 0.1) is 0 Å². The molecule has 0 unspecified atom stereocenters. The molecule has 1 aromatic carbocycles. The first-order valence-electron chi connectivity index (χ1n) is 5.40. The van der Waals surface area contributed by atoms with Crippen molar-refractivity contribution in [2.24, 2.45) is 0 Å². The number of anilines is 2. The van der Waals surface area contributed by atoms with E-state index in [-0.39, 0.29) is 0 Å². The fourth-order valence-electron chi connectivity index (χ4n) is 1.79.